The lowest BCUT2D eigenvalue weighted by atomic mass is 10.1. The Labute approximate surface area is 161 Å². The number of aryl methyl sites for hydroxylation is 1. The van der Waals surface area contributed by atoms with E-state index in [2.05, 4.69) is 26.6 Å². The van der Waals surface area contributed by atoms with E-state index in [0.717, 1.165) is 28.8 Å². The molecule has 140 valence electrons. The fraction of sp³-hybridized carbons (Fsp3) is 0.238. The normalized spacial score (nSPS) is 17.0. The number of aromatic nitrogens is 4. The van der Waals surface area contributed by atoms with Gasteiger partial charge in [0.25, 0.3) is 0 Å². The highest BCUT2D eigenvalue weighted by Crippen LogP contribution is 2.32. The van der Waals surface area contributed by atoms with Crippen LogP contribution in [0.4, 0.5) is 5.69 Å². The minimum atomic E-state index is -0.100. The first-order valence-electron chi connectivity index (χ1n) is 9.37. The number of benzene rings is 2. The zero-order chi connectivity index (χ0) is 19.1. The summed E-state index contributed by atoms with van der Waals surface area (Å²) in [7, 11) is 0. The predicted octanol–water partition coefficient (Wildman–Crippen LogP) is 3.63. The van der Waals surface area contributed by atoms with E-state index in [1.54, 1.807) is 4.90 Å². The van der Waals surface area contributed by atoms with Crippen LogP contribution in [0.15, 0.2) is 59.4 Å². The lowest BCUT2D eigenvalue weighted by molar-refractivity contribution is -0.117. The van der Waals surface area contributed by atoms with Crippen LogP contribution >= 0.6 is 0 Å². The summed E-state index contributed by atoms with van der Waals surface area (Å²) in [5, 5.41) is 4.14. The van der Waals surface area contributed by atoms with Crippen molar-refractivity contribution in [1.82, 2.24) is 19.7 Å². The highest BCUT2D eigenvalue weighted by Gasteiger charge is 2.35. The fourth-order valence-corrected chi connectivity index (χ4v) is 3.70. The number of rotatable bonds is 4. The molecule has 0 unspecified atom stereocenters. The largest absolute Gasteiger partial charge is 0.339 e. The molecule has 0 N–H and O–H groups in total. The Morgan fingerprint density at radius 2 is 2.04 bits per heavy atom. The molecule has 1 fully saturated rings. The molecule has 3 heterocycles. The Balaban J connectivity index is 1.40. The second-order valence-electron chi connectivity index (χ2n) is 6.93. The second kappa shape index (κ2) is 6.60. The molecule has 1 saturated heterocycles. The number of carbonyl (C=O) groups excluding carboxylic acids is 1. The number of nitrogens with zero attached hydrogens (tertiary/aromatic N) is 5. The topological polar surface area (TPSA) is 77.0 Å². The molecule has 4 aromatic rings. The Morgan fingerprint density at radius 3 is 2.86 bits per heavy atom. The SMILES string of the molecule is CCn1cnc2cc(-c3noc([C@@H]4CC(=O)N(c5ccccc5)C4)n3)ccc21. The first-order chi connectivity index (χ1) is 13.7. The number of anilines is 1. The first kappa shape index (κ1) is 16.7. The molecule has 1 aliphatic heterocycles. The number of fused-ring (bicyclic) bond motifs is 1. The third kappa shape index (κ3) is 2.76. The number of hydrogen-bond acceptors (Lipinski definition) is 5. The molecule has 1 aliphatic rings. The standard InChI is InChI=1S/C21H19N5O2/c1-2-25-13-22-17-10-14(8-9-18(17)25)20-23-21(28-24-20)15-11-19(27)26(12-15)16-6-4-3-5-7-16/h3-10,13,15H,2,11-12H2,1H3/t15-/m1/s1. The Hall–Kier alpha value is -3.48. The maximum absolute atomic E-state index is 12.4. The molecule has 0 saturated carbocycles. The van der Waals surface area contributed by atoms with Crippen LogP contribution in [0.1, 0.15) is 25.2 Å². The van der Waals surface area contributed by atoms with Crippen molar-refractivity contribution in [3.8, 4) is 11.4 Å². The van der Waals surface area contributed by atoms with Gasteiger partial charge in [0.2, 0.25) is 17.6 Å². The maximum atomic E-state index is 12.4. The van der Waals surface area contributed by atoms with Gasteiger partial charge in [-0.15, -0.1) is 0 Å². The van der Waals surface area contributed by atoms with Crippen LogP contribution < -0.4 is 4.90 Å². The van der Waals surface area contributed by atoms with Crippen molar-refractivity contribution in [3.63, 3.8) is 0 Å². The Bertz CT molecular complexity index is 1150. The van der Waals surface area contributed by atoms with Gasteiger partial charge in [0, 0.05) is 30.8 Å². The van der Waals surface area contributed by atoms with E-state index < -0.39 is 0 Å². The highest BCUT2D eigenvalue weighted by molar-refractivity contribution is 5.96. The maximum Gasteiger partial charge on any atom is 0.232 e. The molecule has 7 nitrogen and oxygen atoms in total. The summed E-state index contributed by atoms with van der Waals surface area (Å²) < 4.78 is 7.59. The van der Waals surface area contributed by atoms with Gasteiger partial charge in [0.05, 0.1) is 23.3 Å². The fourth-order valence-electron chi connectivity index (χ4n) is 3.70. The third-order valence-corrected chi connectivity index (χ3v) is 5.20. The molecule has 0 aliphatic carbocycles. The molecule has 5 rings (SSSR count). The van der Waals surface area contributed by atoms with Crippen molar-refractivity contribution in [2.75, 3.05) is 11.4 Å². The van der Waals surface area contributed by atoms with Crippen LogP contribution in [-0.4, -0.2) is 32.1 Å². The molecular weight excluding hydrogens is 354 g/mol. The number of para-hydroxylation sites is 1. The first-order valence-corrected chi connectivity index (χ1v) is 9.37. The molecule has 1 amide bonds. The van der Waals surface area contributed by atoms with Crippen LogP contribution in [0.25, 0.3) is 22.4 Å². The van der Waals surface area contributed by atoms with Crippen LogP contribution in [-0.2, 0) is 11.3 Å². The molecule has 2 aromatic heterocycles. The van der Waals surface area contributed by atoms with E-state index in [-0.39, 0.29) is 11.8 Å². The van der Waals surface area contributed by atoms with Crippen molar-refractivity contribution >= 4 is 22.6 Å². The predicted molar refractivity (Wildman–Crippen MR) is 105 cm³/mol. The zero-order valence-corrected chi connectivity index (χ0v) is 15.4. The molecule has 7 heteroatoms. The van der Waals surface area contributed by atoms with Crippen LogP contribution in [0.2, 0.25) is 0 Å². The second-order valence-corrected chi connectivity index (χ2v) is 6.93. The minimum Gasteiger partial charge on any atom is -0.339 e. The van der Waals surface area contributed by atoms with Crippen molar-refractivity contribution < 1.29 is 9.32 Å². The van der Waals surface area contributed by atoms with Gasteiger partial charge in [-0.2, -0.15) is 4.98 Å². The van der Waals surface area contributed by atoms with Gasteiger partial charge in [-0.05, 0) is 37.3 Å². The van der Waals surface area contributed by atoms with Gasteiger partial charge >= 0.3 is 0 Å². The van der Waals surface area contributed by atoms with Crippen molar-refractivity contribution in [3.05, 3.63) is 60.7 Å². The number of imidazole rings is 1. The van der Waals surface area contributed by atoms with Gasteiger partial charge in [0.1, 0.15) is 0 Å². The van der Waals surface area contributed by atoms with Gasteiger partial charge in [-0.1, -0.05) is 23.4 Å². The molecule has 1 atom stereocenters. The quantitative estimate of drug-likeness (QED) is 0.546. The van der Waals surface area contributed by atoms with Crippen LogP contribution in [0, 0.1) is 0 Å². The summed E-state index contributed by atoms with van der Waals surface area (Å²) in [4.78, 5) is 23.2. The van der Waals surface area contributed by atoms with Gasteiger partial charge in [0.15, 0.2) is 0 Å². The minimum absolute atomic E-state index is 0.0717. The van der Waals surface area contributed by atoms with Gasteiger partial charge < -0.3 is 14.0 Å². The zero-order valence-electron chi connectivity index (χ0n) is 15.4. The van der Waals surface area contributed by atoms with Crippen LogP contribution in [0.3, 0.4) is 0 Å². The molecule has 0 bridgehead atoms. The summed E-state index contributed by atoms with van der Waals surface area (Å²) in [6.45, 7) is 3.50. The average Bonchev–Trinajstić information content (AvgIpc) is 3.46. The van der Waals surface area contributed by atoms with Crippen molar-refractivity contribution in [2.24, 2.45) is 0 Å². The van der Waals surface area contributed by atoms with E-state index in [4.69, 9.17) is 4.52 Å². The number of hydrogen-bond donors (Lipinski definition) is 0. The average molecular weight is 373 g/mol. The monoisotopic (exact) mass is 373 g/mol. The van der Waals surface area contributed by atoms with Gasteiger partial charge in [-0.25, -0.2) is 4.98 Å². The molecule has 28 heavy (non-hydrogen) atoms. The summed E-state index contributed by atoms with van der Waals surface area (Å²) >= 11 is 0. The van der Waals surface area contributed by atoms with Gasteiger partial charge in [-0.3, -0.25) is 4.79 Å². The van der Waals surface area contributed by atoms with E-state index in [1.165, 1.54) is 0 Å². The number of amides is 1. The van der Waals surface area contributed by atoms with Crippen molar-refractivity contribution in [2.45, 2.75) is 25.8 Å². The smallest absolute Gasteiger partial charge is 0.232 e. The highest BCUT2D eigenvalue weighted by atomic mass is 16.5. The summed E-state index contributed by atoms with van der Waals surface area (Å²) in [5.41, 5.74) is 3.73. The Morgan fingerprint density at radius 1 is 1.18 bits per heavy atom. The molecule has 0 spiro atoms. The van der Waals surface area contributed by atoms with E-state index in [0.29, 0.717) is 24.7 Å². The molecule has 2 aromatic carbocycles. The lowest BCUT2D eigenvalue weighted by Crippen LogP contribution is -2.24. The third-order valence-electron chi connectivity index (χ3n) is 5.20. The lowest BCUT2D eigenvalue weighted by Gasteiger charge is -2.15. The summed E-state index contributed by atoms with van der Waals surface area (Å²) in [6, 6.07) is 15.6. The van der Waals surface area contributed by atoms with E-state index in [1.807, 2.05) is 54.9 Å². The Kier molecular flexibility index (Phi) is 3.93. The number of carbonyl (C=O) groups is 1. The molecule has 0 radical (unpaired) electrons. The van der Waals surface area contributed by atoms with Crippen molar-refractivity contribution in [1.29, 1.82) is 0 Å². The molecular formula is C21H19N5O2. The van der Waals surface area contributed by atoms with E-state index >= 15 is 0 Å². The van der Waals surface area contributed by atoms with Crippen LogP contribution in [0.5, 0.6) is 0 Å². The summed E-state index contributed by atoms with van der Waals surface area (Å²) in [5.74, 6) is 0.994. The summed E-state index contributed by atoms with van der Waals surface area (Å²) in [6.07, 6.45) is 2.20. The van der Waals surface area contributed by atoms with E-state index in [9.17, 15) is 4.79 Å².